The molecule has 0 radical (unpaired) electrons. The monoisotopic (exact) mass is 197 g/mol. The number of Topliss-reactive ketones (excluding diaryl/α,β-unsaturated/α-hetero) is 1. The number of amides is 1. The Kier molecular flexibility index (Phi) is 2.44. The summed E-state index contributed by atoms with van der Waals surface area (Å²) in [5, 5.41) is 8.98. The minimum atomic E-state index is -0.825. The second-order valence-corrected chi connectivity index (χ2v) is 4.23. The number of nitrogens with zero attached hydrogens (tertiary/aromatic N) is 1. The molecular weight excluding hydrogens is 182 g/mol. The van der Waals surface area contributed by atoms with Crippen LogP contribution in [0.1, 0.15) is 32.1 Å². The van der Waals surface area contributed by atoms with Crippen molar-refractivity contribution in [2.45, 2.75) is 38.1 Å². The lowest BCUT2D eigenvalue weighted by molar-refractivity contribution is -0.123. The molecule has 1 heterocycles. The first-order valence-electron chi connectivity index (χ1n) is 5.20. The van der Waals surface area contributed by atoms with Crippen LogP contribution >= 0.6 is 0 Å². The first-order valence-corrected chi connectivity index (χ1v) is 5.20. The van der Waals surface area contributed by atoms with E-state index in [1.54, 1.807) is 0 Å². The van der Waals surface area contributed by atoms with Gasteiger partial charge in [0.1, 0.15) is 5.78 Å². The lowest BCUT2D eigenvalue weighted by Gasteiger charge is -2.42. The van der Waals surface area contributed by atoms with Crippen molar-refractivity contribution in [2.75, 3.05) is 6.54 Å². The first kappa shape index (κ1) is 9.49. The molecule has 14 heavy (non-hydrogen) atoms. The van der Waals surface area contributed by atoms with Gasteiger partial charge in [0.2, 0.25) is 0 Å². The Balaban J connectivity index is 2.09. The van der Waals surface area contributed by atoms with Crippen molar-refractivity contribution in [1.29, 1.82) is 0 Å². The predicted octanol–water partition coefficient (Wildman–Crippen LogP) is 1.50. The summed E-state index contributed by atoms with van der Waals surface area (Å²) >= 11 is 0. The Bertz CT molecular complexity index is 264. The third-order valence-corrected chi connectivity index (χ3v) is 3.37. The number of ketones is 1. The molecule has 2 rings (SSSR count). The molecule has 1 aliphatic carbocycles. The maximum atomic E-state index is 11.2. The standard InChI is InChI=1S/C10H15NO3/c12-8-3-4-9-7(6-8)2-1-5-11(9)10(13)14/h7,9H,1-6H2,(H,13,14)/t7-,9+/m1/s1. The highest BCUT2D eigenvalue weighted by Gasteiger charge is 2.37. The fraction of sp³-hybridized carbons (Fsp3) is 0.800. The van der Waals surface area contributed by atoms with Crippen LogP contribution in [0.4, 0.5) is 4.79 Å². The van der Waals surface area contributed by atoms with Gasteiger partial charge < -0.3 is 10.0 Å². The molecule has 0 aromatic rings. The maximum Gasteiger partial charge on any atom is 0.407 e. The minimum Gasteiger partial charge on any atom is -0.465 e. The summed E-state index contributed by atoms with van der Waals surface area (Å²) in [6.45, 7) is 0.644. The van der Waals surface area contributed by atoms with Crippen LogP contribution < -0.4 is 0 Å². The van der Waals surface area contributed by atoms with Crippen LogP contribution in [0.2, 0.25) is 0 Å². The van der Waals surface area contributed by atoms with Gasteiger partial charge in [-0.05, 0) is 25.2 Å². The zero-order valence-corrected chi connectivity index (χ0v) is 8.11. The fourth-order valence-corrected chi connectivity index (χ4v) is 2.71. The smallest absolute Gasteiger partial charge is 0.407 e. The molecule has 2 fully saturated rings. The van der Waals surface area contributed by atoms with Crippen LogP contribution in [0.3, 0.4) is 0 Å². The number of hydrogen-bond donors (Lipinski definition) is 1. The third kappa shape index (κ3) is 1.61. The Morgan fingerprint density at radius 1 is 1.43 bits per heavy atom. The molecular formula is C10H15NO3. The summed E-state index contributed by atoms with van der Waals surface area (Å²) in [6.07, 6.45) is 2.98. The number of carboxylic acid groups (broad SMARTS) is 1. The lowest BCUT2D eigenvalue weighted by Crippen LogP contribution is -2.50. The van der Waals surface area contributed by atoms with Gasteiger partial charge in [0.25, 0.3) is 0 Å². The predicted molar refractivity (Wildman–Crippen MR) is 50.1 cm³/mol. The molecule has 4 nitrogen and oxygen atoms in total. The topological polar surface area (TPSA) is 57.6 Å². The van der Waals surface area contributed by atoms with Crippen molar-refractivity contribution in [1.82, 2.24) is 4.90 Å². The SMILES string of the molecule is O=C1CC[C@H]2[C@H](CCCN2C(=O)O)C1. The van der Waals surface area contributed by atoms with E-state index in [2.05, 4.69) is 0 Å². The third-order valence-electron chi connectivity index (χ3n) is 3.37. The Hall–Kier alpha value is -1.06. The number of carbonyl (C=O) groups is 2. The average Bonchev–Trinajstić information content (AvgIpc) is 2.16. The molecule has 2 aliphatic rings. The normalized spacial score (nSPS) is 32.6. The van der Waals surface area contributed by atoms with Gasteiger partial charge >= 0.3 is 6.09 Å². The molecule has 78 valence electrons. The number of piperidine rings is 1. The summed E-state index contributed by atoms with van der Waals surface area (Å²) < 4.78 is 0. The van der Waals surface area contributed by atoms with Crippen molar-refractivity contribution in [2.24, 2.45) is 5.92 Å². The summed E-state index contributed by atoms with van der Waals surface area (Å²) in [6, 6.07) is 0.110. The zero-order valence-electron chi connectivity index (χ0n) is 8.11. The average molecular weight is 197 g/mol. The van der Waals surface area contributed by atoms with Gasteiger partial charge in [-0.15, -0.1) is 0 Å². The first-order chi connectivity index (χ1) is 6.68. The summed E-state index contributed by atoms with van der Waals surface area (Å²) in [4.78, 5) is 23.7. The number of carbonyl (C=O) groups excluding carboxylic acids is 1. The summed E-state index contributed by atoms with van der Waals surface area (Å²) in [5.74, 6) is 0.597. The Morgan fingerprint density at radius 3 is 2.93 bits per heavy atom. The van der Waals surface area contributed by atoms with Crippen LogP contribution in [0.15, 0.2) is 0 Å². The number of hydrogen-bond acceptors (Lipinski definition) is 2. The molecule has 1 saturated carbocycles. The van der Waals surface area contributed by atoms with Crippen molar-refractivity contribution in [3.8, 4) is 0 Å². The van der Waals surface area contributed by atoms with Crippen LogP contribution in [0, 0.1) is 5.92 Å². The molecule has 4 heteroatoms. The highest BCUT2D eigenvalue weighted by molar-refractivity contribution is 5.80. The highest BCUT2D eigenvalue weighted by Crippen LogP contribution is 2.33. The minimum absolute atomic E-state index is 0.110. The van der Waals surface area contributed by atoms with Gasteiger partial charge in [-0.2, -0.15) is 0 Å². The van der Waals surface area contributed by atoms with Gasteiger partial charge in [-0.1, -0.05) is 0 Å². The van der Waals surface area contributed by atoms with Crippen molar-refractivity contribution in [3.63, 3.8) is 0 Å². The van der Waals surface area contributed by atoms with Crippen LogP contribution in [0.25, 0.3) is 0 Å². The molecule has 0 spiro atoms. The van der Waals surface area contributed by atoms with E-state index < -0.39 is 6.09 Å². The molecule has 2 atom stereocenters. The maximum absolute atomic E-state index is 11.2. The van der Waals surface area contributed by atoms with E-state index in [-0.39, 0.29) is 6.04 Å². The largest absolute Gasteiger partial charge is 0.465 e. The van der Waals surface area contributed by atoms with Crippen LogP contribution in [-0.2, 0) is 4.79 Å². The lowest BCUT2D eigenvalue weighted by atomic mass is 9.78. The number of rotatable bonds is 0. The second-order valence-electron chi connectivity index (χ2n) is 4.23. The van der Waals surface area contributed by atoms with E-state index in [0.717, 1.165) is 19.3 Å². The summed E-state index contributed by atoms with van der Waals surface area (Å²) in [7, 11) is 0. The van der Waals surface area contributed by atoms with Crippen molar-refractivity contribution in [3.05, 3.63) is 0 Å². The van der Waals surface area contributed by atoms with Crippen LogP contribution in [-0.4, -0.2) is 34.5 Å². The molecule has 0 unspecified atom stereocenters. The molecule has 1 amide bonds. The quantitative estimate of drug-likeness (QED) is 0.640. The fourth-order valence-electron chi connectivity index (χ4n) is 2.71. The van der Waals surface area contributed by atoms with E-state index >= 15 is 0 Å². The van der Waals surface area contributed by atoms with E-state index in [1.165, 1.54) is 4.90 Å². The van der Waals surface area contributed by atoms with E-state index in [0.29, 0.717) is 31.1 Å². The summed E-state index contributed by atoms with van der Waals surface area (Å²) in [5.41, 5.74) is 0. The number of likely N-dealkylation sites (tertiary alicyclic amines) is 1. The second kappa shape index (κ2) is 3.59. The molecule has 1 aliphatic heterocycles. The molecule has 1 saturated heterocycles. The van der Waals surface area contributed by atoms with E-state index in [1.807, 2.05) is 0 Å². The Labute approximate surface area is 82.9 Å². The highest BCUT2D eigenvalue weighted by atomic mass is 16.4. The van der Waals surface area contributed by atoms with E-state index in [9.17, 15) is 9.59 Å². The molecule has 0 bridgehead atoms. The van der Waals surface area contributed by atoms with Crippen molar-refractivity contribution < 1.29 is 14.7 Å². The van der Waals surface area contributed by atoms with Gasteiger partial charge in [0.15, 0.2) is 0 Å². The van der Waals surface area contributed by atoms with Gasteiger partial charge in [-0.25, -0.2) is 4.79 Å². The molecule has 0 aromatic carbocycles. The molecule has 1 N–H and O–H groups in total. The van der Waals surface area contributed by atoms with Gasteiger partial charge in [-0.3, -0.25) is 4.79 Å². The zero-order chi connectivity index (χ0) is 10.1. The Morgan fingerprint density at radius 2 is 2.21 bits per heavy atom. The van der Waals surface area contributed by atoms with E-state index in [4.69, 9.17) is 5.11 Å². The molecule has 0 aromatic heterocycles. The van der Waals surface area contributed by atoms with Gasteiger partial charge in [0.05, 0.1) is 0 Å². The van der Waals surface area contributed by atoms with Crippen molar-refractivity contribution >= 4 is 11.9 Å². The van der Waals surface area contributed by atoms with Gasteiger partial charge in [0, 0.05) is 25.4 Å². The number of fused-ring (bicyclic) bond motifs is 1. The van der Waals surface area contributed by atoms with Crippen LogP contribution in [0.5, 0.6) is 0 Å².